The van der Waals surface area contributed by atoms with Crippen LogP contribution in [-0.2, 0) is 24.2 Å². The molecule has 0 atom stereocenters. The monoisotopic (exact) mass is 367 g/mol. The lowest BCUT2D eigenvalue weighted by molar-refractivity contribution is 0.109. The first-order valence-electron chi connectivity index (χ1n) is 9.00. The highest BCUT2D eigenvalue weighted by molar-refractivity contribution is 5.54. The van der Waals surface area contributed by atoms with Crippen molar-refractivity contribution >= 4 is 0 Å². The smallest absolute Gasteiger partial charge is 0.259 e. The number of nitrogens with zero attached hydrogens (tertiary/aromatic N) is 2. The highest BCUT2D eigenvalue weighted by Crippen LogP contribution is 2.21. The van der Waals surface area contributed by atoms with Crippen molar-refractivity contribution in [2.45, 2.75) is 39.4 Å². The van der Waals surface area contributed by atoms with E-state index in [1.165, 1.54) is 0 Å². The van der Waals surface area contributed by atoms with Gasteiger partial charge in [0.15, 0.2) is 0 Å². The molecule has 7 heteroatoms. The number of aromatic amines is 1. The number of fused-ring (bicyclic) bond motifs is 1. The zero-order chi connectivity index (χ0) is 18.8. The van der Waals surface area contributed by atoms with Gasteiger partial charge in [-0.15, -0.1) is 0 Å². The number of nitrogens with one attached hydrogen (secondary N) is 1. The number of pyridine rings is 1. The van der Waals surface area contributed by atoms with E-state index in [0.717, 1.165) is 22.6 Å². The zero-order valence-corrected chi connectivity index (χ0v) is 15.3. The Balaban J connectivity index is 1.57. The summed E-state index contributed by atoms with van der Waals surface area (Å²) in [4.78, 5) is 19.7. The van der Waals surface area contributed by atoms with Gasteiger partial charge in [-0.05, 0) is 43.2 Å². The molecule has 0 radical (unpaired) electrons. The zero-order valence-electron chi connectivity index (χ0n) is 15.3. The Kier molecular flexibility index (Phi) is 4.77. The van der Waals surface area contributed by atoms with E-state index in [0.29, 0.717) is 37.5 Å². The molecule has 1 N–H and O–H groups in total. The third-order valence-electron chi connectivity index (χ3n) is 4.30. The summed E-state index contributed by atoms with van der Waals surface area (Å²) in [6, 6.07) is 9.56. The van der Waals surface area contributed by atoms with E-state index >= 15 is 0 Å². The third kappa shape index (κ3) is 3.93. The third-order valence-corrected chi connectivity index (χ3v) is 4.30. The Bertz CT molecular complexity index is 1010. The summed E-state index contributed by atoms with van der Waals surface area (Å²) in [5.74, 6) is 1.53. The number of hydrogen-bond acceptors (Lipinski definition) is 6. The molecule has 0 bridgehead atoms. The molecule has 0 saturated heterocycles. The van der Waals surface area contributed by atoms with Gasteiger partial charge in [0.1, 0.15) is 5.75 Å². The van der Waals surface area contributed by atoms with E-state index in [4.69, 9.17) is 14.0 Å². The second kappa shape index (κ2) is 7.36. The summed E-state index contributed by atoms with van der Waals surface area (Å²) in [6.07, 6.45) is 1.28. The van der Waals surface area contributed by atoms with Crippen LogP contribution in [0.2, 0.25) is 0 Å². The summed E-state index contributed by atoms with van der Waals surface area (Å²) in [6.45, 7) is 5.07. The van der Waals surface area contributed by atoms with Gasteiger partial charge in [0, 0.05) is 12.1 Å². The van der Waals surface area contributed by atoms with Crippen molar-refractivity contribution in [2.24, 2.45) is 0 Å². The van der Waals surface area contributed by atoms with Crippen molar-refractivity contribution < 1.29 is 14.0 Å². The fourth-order valence-electron chi connectivity index (χ4n) is 3.10. The molecule has 2 aromatic heterocycles. The Hall–Kier alpha value is -2.93. The van der Waals surface area contributed by atoms with Gasteiger partial charge < -0.3 is 19.0 Å². The molecule has 7 nitrogen and oxygen atoms in total. The topological polar surface area (TPSA) is 90.2 Å². The first-order valence-corrected chi connectivity index (χ1v) is 9.00. The van der Waals surface area contributed by atoms with E-state index in [9.17, 15) is 4.79 Å². The van der Waals surface area contributed by atoms with Crippen molar-refractivity contribution in [3.63, 3.8) is 0 Å². The van der Waals surface area contributed by atoms with Crippen molar-refractivity contribution in [3.05, 3.63) is 63.4 Å². The molecule has 27 heavy (non-hydrogen) atoms. The first-order chi connectivity index (χ1) is 13.1. The molecule has 0 amide bonds. The van der Waals surface area contributed by atoms with Crippen LogP contribution in [0.3, 0.4) is 0 Å². The quantitative estimate of drug-likeness (QED) is 0.746. The van der Waals surface area contributed by atoms with Crippen LogP contribution in [0.1, 0.15) is 36.6 Å². The fraction of sp³-hybridized carbons (Fsp3) is 0.350. The lowest BCUT2D eigenvalue weighted by Gasteiger charge is -2.15. The molecule has 0 aliphatic carbocycles. The average Bonchev–Trinajstić information content (AvgIpc) is 3.09. The average molecular weight is 367 g/mol. The Morgan fingerprint density at radius 3 is 3.04 bits per heavy atom. The molecule has 140 valence electrons. The van der Waals surface area contributed by atoms with Crippen molar-refractivity contribution in [1.82, 2.24) is 15.1 Å². The van der Waals surface area contributed by atoms with Crippen LogP contribution in [0, 0.1) is 0 Å². The maximum atomic E-state index is 12.4. The number of benzene rings is 1. The van der Waals surface area contributed by atoms with Crippen molar-refractivity contribution in [2.75, 3.05) is 6.61 Å². The molecular weight excluding hydrogens is 346 g/mol. The molecule has 3 aromatic rings. The molecule has 3 heterocycles. The molecule has 0 saturated carbocycles. The maximum absolute atomic E-state index is 12.4. The summed E-state index contributed by atoms with van der Waals surface area (Å²) in [7, 11) is 0. The second-order valence-electron chi connectivity index (χ2n) is 6.82. The van der Waals surface area contributed by atoms with E-state index in [-0.39, 0.29) is 17.5 Å². The van der Waals surface area contributed by atoms with Gasteiger partial charge in [-0.3, -0.25) is 4.79 Å². The summed E-state index contributed by atoms with van der Waals surface area (Å²) < 4.78 is 16.5. The first kappa shape index (κ1) is 17.5. The molecule has 0 fully saturated rings. The van der Waals surface area contributed by atoms with E-state index in [2.05, 4.69) is 15.1 Å². The van der Waals surface area contributed by atoms with Crippen LogP contribution < -0.4 is 10.3 Å². The Morgan fingerprint density at radius 2 is 2.19 bits per heavy atom. The fourth-order valence-corrected chi connectivity index (χ4v) is 3.10. The molecule has 0 spiro atoms. The Morgan fingerprint density at radius 1 is 1.30 bits per heavy atom. The van der Waals surface area contributed by atoms with Crippen LogP contribution >= 0.6 is 0 Å². The lowest BCUT2D eigenvalue weighted by Crippen LogP contribution is -2.19. The standard InChI is InChI=1S/C20H21N3O4/c1-12(2)26-15-5-3-4-13(8-15)9-18-22-19(23-27-18)16-10-14-11-25-7-6-17(14)21-20(16)24/h3-5,8,10,12H,6-7,9,11H2,1-2H3,(H,21,24). The molecule has 1 aliphatic rings. The largest absolute Gasteiger partial charge is 0.491 e. The van der Waals surface area contributed by atoms with Gasteiger partial charge in [0.25, 0.3) is 5.56 Å². The van der Waals surface area contributed by atoms with Gasteiger partial charge in [-0.1, -0.05) is 17.3 Å². The van der Waals surface area contributed by atoms with Crippen LogP contribution in [-0.4, -0.2) is 27.8 Å². The van der Waals surface area contributed by atoms with Crippen LogP contribution in [0.15, 0.2) is 39.6 Å². The minimum atomic E-state index is -0.213. The summed E-state index contributed by atoms with van der Waals surface area (Å²) >= 11 is 0. The van der Waals surface area contributed by atoms with E-state index in [1.54, 1.807) is 6.07 Å². The number of H-pyrrole nitrogens is 1. The van der Waals surface area contributed by atoms with Crippen LogP contribution in [0.4, 0.5) is 0 Å². The molecule has 1 aromatic carbocycles. The predicted molar refractivity (Wildman–Crippen MR) is 98.7 cm³/mol. The molecule has 1 aliphatic heterocycles. The minimum Gasteiger partial charge on any atom is -0.491 e. The Labute approximate surface area is 156 Å². The molecule has 0 unspecified atom stereocenters. The van der Waals surface area contributed by atoms with Gasteiger partial charge in [0.2, 0.25) is 11.7 Å². The van der Waals surface area contributed by atoms with Gasteiger partial charge in [0.05, 0.1) is 31.3 Å². The normalized spacial score (nSPS) is 13.6. The highest BCUT2D eigenvalue weighted by Gasteiger charge is 2.18. The SMILES string of the molecule is CC(C)Oc1cccc(Cc2nc(-c3cc4c([nH]c3=O)CCOC4)no2)c1. The second-order valence-corrected chi connectivity index (χ2v) is 6.82. The van der Waals surface area contributed by atoms with Gasteiger partial charge >= 0.3 is 0 Å². The summed E-state index contributed by atoms with van der Waals surface area (Å²) in [5, 5.41) is 3.98. The summed E-state index contributed by atoms with van der Waals surface area (Å²) in [5.41, 5.74) is 3.05. The van der Waals surface area contributed by atoms with Crippen molar-refractivity contribution in [3.8, 4) is 17.1 Å². The minimum absolute atomic E-state index is 0.106. The molecular formula is C20H21N3O4. The number of hydrogen-bond donors (Lipinski definition) is 1. The molecule has 4 rings (SSSR count). The maximum Gasteiger partial charge on any atom is 0.259 e. The van der Waals surface area contributed by atoms with Crippen LogP contribution in [0.25, 0.3) is 11.4 Å². The number of rotatable bonds is 5. The van der Waals surface area contributed by atoms with Gasteiger partial charge in [-0.2, -0.15) is 4.98 Å². The number of aromatic nitrogens is 3. The predicted octanol–water partition coefficient (Wildman–Crippen LogP) is 2.88. The van der Waals surface area contributed by atoms with Crippen LogP contribution in [0.5, 0.6) is 5.75 Å². The van der Waals surface area contributed by atoms with E-state index < -0.39 is 0 Å². The van der Waals surface area contributed by atoms with Crippen molar-refractivity contribution in [1.29, 1.82) is 0 Å². The number of ether oxygens (including phenoxy) is 2. The van der Waals surface area contributed by atoms with Gasteiger partial charge in [-0.25, -0.2) is 0 Å². The lowest BCUT2D eigenvalue weighted by atomic mass is 10.1. The highest BCUT2D eigenvalue weighted by atomic mass is 16.5. The van der Waals surface area contributed by atoms with E-state index in [1.807, 2.05) is 38.1 Å².